The van der Waals surface area contributed by atoms with Crippen molar-refractivity contribution in [3.8, 4) is 0 Å². The van der Waals surface area contributed by atoms with Crippen molar-refractivity contribution >= 4 is 27.3 Å². The van der Waals surface area contributed by atoms with Gasteiger partial charge in [-0.1, -0.05) is 80.1 Å². The third kappa shape index (κ3) is 8.53. The van der Waals surface area contributed by atoms with Crippen LogP contribution in [0.1, 0.15) is 97.9 Å². The molecule has 1 aromatic rings. The zero-order chi connectivity index (χ0) is 20.3. The SMILES string of the molecule is CC(C)C(CCCCCCCCCOCc1ncc(Br)s1)(C(C)C)C(C)C. The van der Waals surface area contributed by atoms with Gasteiger partial charge in [0.1, 0.15) is 5.01 Å². The summed E-state index contributed by atoms with van der Waals surface area (Å²) in [6, 6.07) is 0. The van der Waals surface area contributed by atoms with Gasteiger partial charge < -0.3 is 4.74 Å². The molecule has 0 saturated carbocycles. The Balaban J connectivity index is 2.04. The number of hydrogen-bond donors (Lipinski definition) is 0. The molecule has 0 spiro atoms. The zero-order valence-electron chi connectivity index (χ0n) is 18.5. The minimum Gasteiger partial charge on any atom is -0.374 e. The second-order valence-electron chi connectivity index (χ2n) is 8.91. The molecule has 0 amide bonds. The molecule has 4 heteroatoms. The van der Waals surface area contributed by atoms with Crippen LogP contribution in [0, 0.1) is 23.2 Å². The Morgan fingerprint density at radius 3 is 1.89 bits per heavy atom. The summed E-state index contributed by atoms with van der Waals surface area (Å²) >= 11 is 5.09. The smallest absolute Gasteiger partial charge is 0.119 e. The first-order valence-electron chi connectivity index (χ1n) is 11.0. The van der Waals surface area contributed by atoms with E-state index in [-0.39, 0.29) is 0 Å². The van der Waals surface area contributed by atoms with Gasteiger partial charge in [0.2, 0.25) is 0 Å². The maximum Gasteiger partial charge on any atom is 0.119 e. The lowest BCUT2D eigenvalue weighted by Gasteiger charge is -2.45. The van der Waals surface area contributed by atoms with Gasteiger partial charge in [0.25, 0.3) is 0 Å². The van der Waals surface area contributed by atoms with Gasteiger partial charge in [-0.15, -0.1) is 11.3 Å². The molecule has 0 fully saturated rings. The lowest BCUT2D eigenvalue weighted by Crippen LogP contribution is -2.38. The van der Waals surface area contributed by atoms with Crippen LogP contribution in [0.5, 0.6) is 0 Å². The van der Waals surface area contributed by atoms with Crippen molar-refractivity contribution in [1.29, 1.82) is 0 Å². The van der Waals surface area contributed by atoms with E-state index in [1.807, 2.05) is 6.20 Å². The van der Waals surface area contributed by atoms with E-state index in [9.17, 15) is 0 Å². The summed E-state index contributed by atoms with van der Waals surface area (Å²) in [7, 11) is 0. The lowest BCUT2D eigenvalue weighted by molar-refractivity contribution is 0.0356. The highest BCUT2D eigenvalue weighted by Crippen LogP contribution is 2.47. The molecule has 0 aromatic carbocycles. The van der Waals surface area contributed by atoms with E-state index in [1.165, 1.54) is 51.4 Å². The van der Waals surface area contributed by atoms with Gasteiger partial charge in [-0.3, -0.25) is 0 Å². The highest BCUT2D eigenvalue weighted by atomic mass is 79.9. The number of rotatable bonds is 15. The van der Waals surface area contributed by atoms with Crippen molar-refractivity contribution in [3.63, 3.8) is 0 Å². The lowest BCUT2D eigenvalue weighted by atomic mass is 9.60. The summed E-state index contributed by atoms with van der Waals surface area (Å²) in [6.07, 6.45) is 12.6. The van der Waals surface area contributed by atoms with Crippen LogP contribution in [0.25, 0.3) is 0 Å². The highest BCUT2D eigenvalue weighted by Gasteiger charge is 2.39. The Labute approximate surface area is 181 Å². The Bertz CT molecular complexity index is 477. The molecule has 158 valence electrons. The fraction of sp³-hybridized carbons (Fsp3) is 0.870. The van der Waals surface area contributed by atoms with Crippen LogP contribution >= 0.6 is 27.3 Å². The van der Waals surface area contributed by atoms with Crippen LogP contribution in [0.15, 0.2) is 9.98 Å². The summed E-state index contributed by atoms with van der Waals surface area (Å²) in [5, 5.41) is 1.06. The second kappa shape index (κ2) is 13.3. The van der Waals surface area contributed by atoms with E-state index in [0.29, 0.717) is 12.0 Å². The fourth-order valence-electron chi connectivity index (χ4n) is 4.90. The summed E-state index contributed by atoms with van der Waals surface area (Å²) in [4.78, 5) is 4.29. The van der Waals surface area contributed by atoms with Crippen LogP contribution < -0.4 is 0 Å². The first-order chi connectivity index (χ1) is 12.8. The molecule has 1 heterocycles. The van der Waals surface area contributed by atoms with E-state index >= 15 is 0 Å². The standard InChI is InChI=1S/C23H42BrNOS/c1-18(2)23(19(3)4,20(5)6)14-12-10-8-7-9-11-13-15-26-17-22-25-16-21(24)27-22/h16,18-20H,7-15,17H2,1-6H3. The largest absolute Gasteiger partial charge is 0.374 e. The monoisotopic (exact) mass is 459 g/mol. The average Bonchev–Trinajstić information content (AvgIpc) is 3.00. The van der Waals surface area contributed by atoms with Gasteiger partial charge in [-0.2, -0.15) is 0 Å². The Kier molecular flexibility index (Phi) is 12.4. The van der Waals surface area contributed by atoms with Crippen molar-refractivity contribution in [2.24, 2.45) is 23.2 Å². The highest BCUT2D eigenvalue weighted by molar-refractivity contribution is 9.11. The normalized spacial score (nSPS) is 12.7. The molecule has 0 unspecified atom stereocenters. The molecule has 0 aliphatic carbocycles. The van der Waals surface area contributed by atoms with Gasteiger partial charge in [0.15, 0.2) is 0 Å². The number of hydrogen-bond acceptors (Lipinski definition) is 3. The van der Waals surface area contributed by atoms with E-state index in [0.717, 1.165) is 33.2 Å². The molecule has 1 rings (SSSR count). The number of thiazole rings is 1. The third-order valence-electron chi connectivity index (χ3n) is 6.37. The van der Waals surface area contributed by atoms with E-state index < -0.39 is 0 Å². The van der Waals surface area contributed by atoms with Crippen molar-refractivity contribution in [1.82, 2.24) is 4.98 Å². The maximum atomic E-state index is 5.71. The number of ether oxygens (including phenoxy) is 1. The van der Waals surface area contributed by atoms with E-state index in [2.05, 4.69) is 62.5 Å². The number of nitrogens with zero attached hydrogens (tertiary/aromatic N) is 1. The molecular formula is C23H42BrNOS. The first kappa shape index (κ1) is 25.1. The molecule has 0 aliphatic rings. The Morgan fingerprint density at radius 2 is 1.41 bits per heavy atom. The minimum atomic E-state index is 0.504. The second-order valence-corrected chi connectivity index (χ2v) is 11.4. The molecular weight excluding hydrogens is 418 g/mol. The topological polar surface area (TPSA) is 22.1 Å². The molecule has 0 aliphatic heterocycles. The van der Waals surface area contributed by atoms with E-state index in [4.69, 9.17) is 4.74 Å². The van der Waals surface area contributed by atoms with Crippen LogP contribution in [-0.4, -0.2) is 11.6 Å². The zero-order valence-corrected chi connectivity index (χ0v) is 20.9. The van der Waals surface area contributed by atoms with Crippen molar-refractivity contribution in [2.45, 2.75) is 99.5 Å². The molecule has 27 heavy (non-hydrogen) atoms. The summed E-state index contributed by atoms with van der Waals surface area (Å²) in [6.45, 7) is 16.1. The summed E-state index contributed by atoms with van der Waals surface area (Å²) in [5.74, 6) is 2.30. The Morgan fingerprint density at radius 1 is 0.889 bits per heavy atom. The van der Waals surface area contributed by atoms with Crippen molar-refractivity contribution in [2.75, 3.05) is 6.61 Å². The molecule has 0 N–H and O–H groups in total. The van der Waals surface area contributed by atoms with Crippen LogP contribution in [0.4, 0.5) is 0 Å². The van der Waals surface area contributed by atoms with Gasteiger partial charge in [-0.05, 0) is 51.9 Å². The molecule has 0 radical (unpaired) electrons. The predicted molar refractivity (Wildman–Crippen MR) is 123 cm³/mol. The van der Waals surface area contributed by atoms with Crippen LogP contribution in [0.2, 0.25) is 0 Å². The Hall–Kier alpha value is 0.0700. The molecule has 0 bridgehead atoms. The maximum absolute atomic E-state index is 5.71. The van der Waals surface area contributed by atoms with Crippen molar-refractivity contribution < 1.29 is 4.74 Å². The molecule has 2 nitrogen and oxygen atoms in total. The predicted octanol–water partition coefficient (Wildman–Crippen LogP) is 8.50. The fourth-order valence-corrected chi connectivity index (χ4v) is 6.14. The van der Waals surface area contributed by atoms with Gasteiger partial charge in [0, 0.05) is 6.61 Å². The first-order valence-corrected chi connectivity index (χ1v) is 12.6. The average molecular weight is 461 g/mol. The van der Waals surface area contributed by atoms with Crippen LogP contribution in [-0.2, 0) is 11.3 Å². The third-order valence-corrected chi connectivity index (χ3v) is 7.82. The van der Waals surface area contributed by atoms with Crippen LogP contribution in [0.3, 0.4) is 0 Å². The summed E-state index contributed by atoms with van der Waals surface area (Å²) < 4.78 is 6.79. The molecule has 0 atom stereocenters. The number of aromatic nitrogens is 1. The number of halogens is 1. The van der Waals surface area contributed by atoms with Gasteiger partial charge in [0.05, 0.1) is 16.6 Å². The summed E-state index contributed by atoms with van der Waals surface area (Å²) in [5.41, 5.74) is 0.504. The number of unbranched alkanes of at least 4 members (excludes halogenated alkanes) is 6. The molecule has 1 aromatic heterocycles. The van der Waals surface area contributed by atoms with Crippen molar-refractivity contribution in [3.05, 3.63) is 15.0 Å². The van der Waals surface area contributed by atoms with Gasteiger partial charge >= 0.3 is 0 Å². The quantitative estimate of drug-likeness (QED) is 0.245. The molecule has 0 saturated heterocycles. The van der Waals surface area contributed by atoms with E-state index in [1.54, 1.807) is 11.3 Å². The minimum absolute atomic E-state index is 0.504. The van der Waals surface area contributed by atoms with Gasteiger partial charge in [-0.25, -0.2) is 4.98 Å².